The zero-order chi connectivity index (χ0) is 17.5. The monoisotopic (exact) mass is 472 g/mol. The highest BCUT2D eigenvalue weighted by Gasteiger charge is 2.09. The van der Waals surface area contributed by atoms with Gasteiger partial charge in [0.2, 0.25) is 10.0 Å². The Labute approximate surface area is 160 Å². The summed E-state index contributed by atoms with van der Waals surface area (Å²) in [5.41, 5.74) is 1.42. The molecule has 0 saturated carbocycles. The lowest BCUT2D eigenvalue weighted by Crippen LogP contribution is -2.39. The predicted octanol–water partition coefficient (Wildman–Crippen LogP) is 1.92. The van der Waals surface area contributed by atoms with E-state index < -0.39 is 10.0 Å². The Hall–Kier alpha value is -0.940. The third kappa shape index (κ3) is 8.78. The Kier molecular flexibility index (Phi) is 10.4. The van der Waals surface area contributed by atoms with Crippen molar-refractivity contribution in [3.05, 3.63) is 35.1 Å². The lowest BCUT2D eigenvalue weighted by atomic mass is 10.1. The maximum absolute atomic E-state index is 13.6. The Morgan fingerprint density at radius 1 is 1.38 bits per heavy atom. The molecule has 0 amide bonds. The van der Waals surface area contributed by atoms with Gasteiger partial charge in [0.25, 0.3) is 0 Å². The van der Waals surface area contributed by atoms with E-state index >= 15 is 0 Å². The van der Waals surface area contributed by atoms with Gasteiger partial charge in [-0.05, 0) is 38.0 Å². The minimum absolute atomic E-state index is 0. The fourth-order valence-corrected chi connectivity index (χ4v) is 2.35. The second-order valence-electron chi connectivity index (χ2n) is 5.30. The molecule has 0 fully saturated rings. The molecule has 9 heteroatoms. The SMILES string of the molecule is CCNC(=NCCNS(C)(=O)=O)NC(C)c1ccc(C)c(F)c1.I. The van der Waals surface area contributed by atoms with Crippen molar-refractivity contribution in [1.29, 1.82) is 0 Å². The Balaban J connectivity index is 0.00000529. The molecule has 6 nitrogen and oxygen atoms in total. The third-order valence-electron chi connectivity index (χ3n) is 3.14. The largest absolute Gasteiger partial charge is 0.357 e. The molecule has 0 bridgehead atoms. The predicted molar refractivity (Wildman–Crippen MR) is 107 cm³/mol. The highest BCUT2D eigenvalue weighted by molar-refractivity contribution is 14.0. The number of rotatable bonds is 7. The summed E-state index contributed by atoms with van der Waals surface area (Å²) in [5, 5.41) is 6.25. The molecule has 24 heavy (non-hydrogen) atoms. The Bertz CT molecular complexity index is 653. The molecule has 1 unspecified atom stereocenters. The number of nitrogens with zero attached hydrogens (tertiary/aromatic N) is 1. The molecular formula is C15H26FIN4O2S. The Morgan fingerprint density at radius 2 is 2.04 bits per heavy atom. The lowest BCUT2D eigenvalue weighted by molar-refractivity contribution is 0.588. The summed E-state index contributed by atoms with van der Waals surface area (Å²) in [7, 11) is -3.21. The van der Waals surface area contributed by atoms with E-state index in [-0.39, 0.29) is 42.4 Å². The van der Waals surface area contributed by atoms with Gasteiger partial charge in [0, 0.05) is 13.1 Å². The van der Waals surface area contributed by atoms with Crippen LogP contribution in [-0.4, -0.2) is 40.3 Å². The summed E-state index contributed by atoms with van der Waals surface area (Å²) < 4.78 is 38.0. The minimum atomic E-state index is -3.21. The van der Waals surface area contributed by atoms with Crippen LogP contribution < -0.4 is 15.4 Å². The highest BCUT2D eigenvalue weighted by Crippen LogP contribution is 2.16. The normalized spacial score (nSPS) is 13.1. The molecule has 1 atom stereocenters. The topological polar surface area (TPSA) is 82.6 Å². The van der Waals surface area contributed by atoms with Crippen molar-refractivity contribution in [2.75, 3.05) is 25.9 Å². The molecule has 0 aromatic heterocycles. The quantitative estimate of drug-likeness (QED) is 0.245. The van der Waals surface area contributed by atoms with Gasteiger partial charge in [0.15, 0.2) is 5.96 Å². The second-order valence-corrected chi connectivity index (χ2v) is 7.13. The van der Waals surface area contributed by atoms with Crippen LogP contribution in [0.3, 0.4) is 0 Å². The number of benzene rings is 1. The molecule has 138 valence electrons. The van der Waals surface area contributed by atoms with E-state index in [9.17, 15) is 12.8 Å². The summed E-state index contributed by atoms with van der Waals surface area (Å²) in [6.45, 7) is 6.76. The van der Waals surface area contributed by atoms with Crippen molar-refractivity contribution in [3.63, 3.8) is 0 Å². The van der Waals surface area contributed by atoms with E-state index in [1.165, 1.54) is 6.07 Å². The average Bonchev–Trinajstić information content (AvgIpc) is 2.45. The summed E-state index contributed by atoms with van der Waals surface area (Å²) in [6.07, 6.45) is 1.11. The van der Waals surface area contributed by atoms with Gasteiger partial charge in [-0.25, -0.2) is 17.5 Å². The third-order valence-corrected chi connectivity index (χ3v) is 3.87. The second kappa shape index (κ2) is 10.8. The Morgan fingerprint density at radius 3 is 2.58 bits per heavy atom. The van der Waals surface area contributed by atoms with Gasteiger partial charge in [0.05, 0.1) is 18.8 Å². The van der Waals surface area contributed by atoms with Crippen LogP contribution in [-0.2, 0) is 10.0 Å². The van der Waals surface area contributed by atoms with E-state index in [1.54, 1.807) is 13.0 Å². The van der Waals surface area contributed by atoms with Gasteiger partial charge >= 0.3 is 0 Å². The van der Waals surface area contributed by atoms with Gasteiger partial charge in [-0.15, -0.1) is 24.0 Å². The van der Waals surface area contributed by atoms with E-state index in [1.807, 2.05) is 19.9 Å². The van der Waals surface area contributed by atoms with E-state index in [0.29, 0.717) is 24.6 Å². The average molecular weight is 472 g/mol. The van der Waals surface area contributed by atoms with Gasteiger partial charge in [0.1, 0.15) is 5.82 Å². The standard InChI is InChI=1S/C15H25FN4O2S.HI/c1-5-17-15(18-8-9-19-23(4,21)22)20-12(3)13-7-6-11(2)14(16)10-13;/h6-7,10,12,19H,5,8-9H2,1-4H3,(H2,17,18,20);1H. The van der Waals surface area contributed by atoms with Crippen molar-refractivity contribution < 1.29 is 12.8 Å². The molecule has 3 N–H and O–H groups in total. The van der Waals surface area contributed by atoms with E-state index in [4.69, 9.17) is 0 Å². The fraction of sp³-hybridized carbons (Fsp3) is 0.533. The van der Waals surface area contributed by atoms with Crippen LogP contribution in [0.2, 0.25) is 0 Å². The van der Waals surface area contributed by atoms with Crippen LogP contribution >= 0.6 is 24.0 Å². The van der Waals surface area contributed by atoms with Gasteiger partial charge in [-0.2, -0.15) is 0 Å². The smallest absolute Gasteiger partial charge is 0.208 e. The molecule has 0 aliphatic carbocycles. The van der Waals surface area contributed by atoms with Crippen molar-refractivity contribution in [1.82, 2.24) is 15.4 Å². The molecular weight excluding hydrogens is 446 g/mol. The summed E-state index contributed by atoms with van der Waals surface area (Å²) >= 11 is 0. The zero-order valence-electron chi connectivity index (χ0n) is 14.4. The zero-order valence-corrected chi connectivity index (χ0v) is 17.5. The van der Waals surface area contributed by atoms with Crippen LogP contribution in [0.15, 0.2) is 23.2 Å². The van der Waals surface area contributed by atoms with Crippen molar-refractivity contribution in [3.8, 4) is 0 Å². The molecule has 1 aromatic rings. The minimum Gasteiger partial charge on any atom is -0.357 e. The number of sulfonamides is 1. The van der Waals surface area contributed by atoms with Gasteiger partial charge in [-0.3, -0.25) is 4.99 Å². The molecule has 1 aromatic carbocycles. The molecule has 0 saturated heterocycles. The fourth-order valence-electron chi connectivity index (χ4n) is 1.89. The first-order valence-corrected chi connectivity index (χ1v) is 9.37. The molecule has 0 aliphatic rings. The molecule has 0 heterocycles. The number of guanidine groups is 1. The molecule has 0 spiro atoms. The van der Waals surface area contributed by atoms with Crippen LogP contribution in [0, 0.1) is 12.7 Å². The van der Waals surface area contributed by atoms with Gasteiger partial charge < -0.3 is 10.6 Å². The summed E-state index contributed by atoms with van der Waals surface area (Å²) in [4.78, 5) is 4.30. The number of aryl methyl sites for hydroxylation is 1. The van der Waals surface area contributed by atoms with Crippen molar-refractivity contribution in [2.45, 2.75) is 26.8 Å². The summed E-state index contributed by atoms with van der Waals surface area (Å²) in [5.74, 6) is 0.312. The summed E-state index contributed by atoms with van der Waals surface area (Å²) in [6, 6.07) is 4.97. The maximum atomic E-state index is 13.6. The van der Waals surface area contributed by atoms with E-state index in [0.717, 1.165) is 11.8 Å². The first-order valence-electron chi connectivity index (χ1n) is 7.48. The first-order chi connectivity index (χ1) is 10.7. The molecule has 1 rings (SSSR count). The lowest BCUT2D eigenvalue weighted by Gasteiger charge is -2.18. The first kappa shape index (κ1) is 23.1. The number of nitrogens with one attached hydrogen (secondary N) is 3. The number of halogens is 2. The van der Waals surface area contributed by atoms with E-state index in [2.05, 4.69) is 20.3 Å². The molecule has 0 radical (unpaired) electrons. The van der Waals surface area contributed by atoms with Crippen molar-refractivity contribution >= 4 is 40.0 Å². The number of aliphatic imine (C=N–C) groups is 1. The highest BCUT2D eigenvalue weighted by atomic mass is 127. The maximum Gasteiger partial charge on any atom is 0.208 e. The van der Waals surface area contributed by atoms with Crippen molar-refractivity contribution in [2.24, 2.45) is 4.99 Å². The number of hydrogen-bond donors (Lipinski definition) is 3. The van der Waals surface area contributed by atoms with Crippen LogP contribution in [0.4, 0.5) is 4.39 Å². The van der Waals surface area contributed by atoms with Crippen LogP contribution in [0.25, 0.3) is 0 Å². The van der Waals surface area contributed by atoms with Crippen LogP contribution in [0.1, 0.15) is 31.0 Å². The number of hydrogen-bond acceptors (Lipinski definition) is 3. The van der Waals surface area contributed by atoms with Crippen LogP contribution in [0.5, 0.6) is 0 Å². The van der Waals surface area contributed by atoms with Gasteiger partial charge in [-0.1, -0.05) is 12.1 Å². The molecule has 0 aliphatic heterocycles.